The molecule has 10 atom stereocenters. The molecule has 3 fully saturated rings. The second-order valence-corrected chi connectivity index (χ2v) is 11.2. The molecule has 0 radical (unpaired) electrons. The lowest BCUT2D eigenvalue weighted by Crippen LogP contribution is -2.71. The Balaban J connectivity index is 2.18. The van der Waals surface area contributed by atoms with Gasteiger partial charge < -0.3 is 52.7 Å². The molecule has 0 spiro atoms. The summed E-state index contributed by atoms with van der Waals surface area (Å²) >= 11 is 0. The van der Waals surface area contributed by atoms with Crippen LogP contribution in [0.2, 0.25) is 0 Å². The standard InChI is InChI=1S/C29H39N3O19/c1-11(33)42-8-18-21(22(45-14(4)36)24(47-16(6)38)26(49-18)32-10-30-28(40)31-29(32)41)51-27-25(48-17(7)39)23(46-15(5)37)20(44-13(3)35)19(50-27)9-43-12(2)34/h18-27H,8-10H2,1-7H3,(H2,30,31,40,41)/t18-,19-,20+,21-,22+,23+,24-,25-,26-,27+/m1/s1. The predicted octanol–water partition coefficient (Wildman–Crippen LogP) is -1.70. The molecule has 0 unspecified atom stereocenters. The van der Waals surface area contributed by atoms with Crippen molar-refractivity contribution in [2.24, 2.45) is 0 Å². The van der Waals surface area contributed by atoms with Gasteiger partial charge >= 0.3 is 53.8 Å². The summed E-state index contributed by atoms with van der Waals surface area (Å²) in [6.45, 7) is 5.41. The van der Waals surface area contributed by atoms with Gasteiger partial charge in [0.15, 0.2) is 43.0 Å². The highest BCUT2D eigenvalue weighted by Gasteiger charge is 2.58. The van der Waals surface area contributed by atoms with E-state index in [-0.39, 0.29) is 0 Å². The van der Waals surface area contributed by atoms with Crippen LogP contribution in [0.5, 0.6) is 0 Å². The Morgan fingerprint density at radius 2 is 1.02 bits per heavy atom. The summed E-state index contributed by atoms with van der Waals surface area (Å²) in [6.07, 6.45) is -16.6. The molecule has 22 heteroatoms. The van der Waals surface area contributed by atoms with E-state index in [0.29, 0.717) is 0 Å². The first-order valence-electron chi connectivity index (χ1n) is 15.3. The number of hydrogen-bond donors (Lipinski definition) is 2. The molecule has 0 aromatic carbocycles. The summed E-state index contributed by atoms with van der Waals surface area (Å²) in [6, 6.07) is -1.86. The molecular weight excluding hydrogens is 694 g/mol. The van der Waals surface area contributed by atoms with Gasteiger partial charge in [0.05, 0.1) is 6.67 Å². The van der Waals surface area contributed by atoms with E-state index in [1.807, 2.05) is 5.32 Å². The van der Waals surface area contributed by atoms with Crippen LogP contribution in [0.3, 0.4) is 0 Å². The van der Waals surface area contributed by atoms with E-state index in [9.17, 15) is 43.2 Å². The van der Waals surface area contributed by atoms with E-state index in [2.05, 4.69) is 5.32 Å². The van der Waals surface area contributed by atoms with Crippen molar-refractivity contribution in [3.63, 3.8) is 0 Å². The normalized spacial score (nSPS) is 30.4. The Morgan fingerprint density at radius 3 is 1.49 bits per heavy atom. The number of hydrogen-bond acceptors (Lipinski definition) is 19. The van der Waals surface area contributed by atoms with Crippen LogP contribution in [-0.2, 0) is 80.9 Å². The van der Waals surface area contributed by atoms with Crippen LogP contribution in [0.25, 0.3) is 0 Å². The molecule has 284 valence electrons. The van der Waals surface area contributed by atoms with E-state index < -0.39 is 135 Å². The molecule has 0 aromatic rings. The smallest absolute Gasteiger partial charge is 0.329 e. The molecule has 3 heterocycles. The van der Waals surface area contributed by atoms with Crippen molar-refractivity contribution in [2.75, 3.05) is 19.9 Å². The Labute approximate surface area is 289 Å². The molecule has 2 N–H and O–H groups in total. The zero-order chi connectivity index (χ0) is 38.2. The minimum absolute atomic E-state index is 0.481. The first-order valence-corrected chi connectivity index (χ1v) is 15.3. The van der Waals surface area contributed by atoms with Gasteiger partial charge in [0, 0.05) is 48.5 Å². The van der Waals surface area contributed by atoms with Gasteiger partial charge in [0.25, 0.3) is 0 Å². The fourth-order valence-corrected chi connectivity index (χ4v) is 5.39. The number of esters is 7. The molecule has 0 aliphatic carbocycles. The molecule has 3 rings (SSSR count). The van der Waals surface area contributed by atoms with Crippen molar-refractivity contribution in [1.82, 2.24) is 15.5 Å². The van der Waals surface area contributed by atoms with Gasteiger partial charge in [-0.15, -0.1) is 0 Å². The van der Waals surface area contributed by atoms with Crippen LogP contribution in [0.4, 0.5) is 9.59 Å². The number of nitrogens with zero attached hydrogens (tertiary/aromatic N) is 1. The zero-order valence-electron chi connectivity index (χ0n) is 28.6. The number of rotatable bonds is 12. The van der Waals surface area contributed by atoms with Crippen molar-refractivity contribution in [3.8, 4) is 0 Å². The molecule has 4 amide bonds. The number of carbonyl (C=O) groups excluding carboxylic acids is 9. The number of ether oxygens (including phenoxy) is 10. The van der Waals surface area contributed by atoms with Gasteiger partial charge in [-0.2, -0.15) is 0 Å². The zero-order valence-corrected chi connectivity index (χ0v) is 28.6. The average Bonchev–Trinajstić information content (AvgIpc) is 2.99. The third-order valence-electron chi connectivity index (χ3n) is 7.10. The third kappa shape index (κ3) is 11.2. The molecule has 51 heavy (non-hydrogen) atoms. The molecular formula is C29H39N3O19. The number of urea groups is 2. The average molecular weight is 734 g/mol. The summed E-state index contributed by atoms with van der Waals surface area (Å²) in [7, 11) is 0. The lowest BCUT2D eigenvalue weighted by atomic mass is 9.95. The van der Waals surface area contributed by atoms with Crippen molar-refractivity contribution >= 4 is 53.8 Å². The van der Waals surface area contributed by atoms with Gasteiger partial charge in [0.2, 0.25) is 0 Å². The van der Waals surface area contributed by atoms with Crippen molar-refractivity contribution in [2.45, 2.75) is 110 Å². The van der Waals surface area contributed by atoms with E-state index in [1.165, 1.54) is 0 Å². The third-order valence-corrected chi connectivity index (χ3v) is 7.10. The Hall–Kier alpha value is -5.09. The van der Waals surface area contributed by atoms with Gasteiger partial charge in [0.1, 0.15) is 31.5 Å². The summed E-state index contributed by atoms with van der Waals surface area (Å²) in [5, 5.41) is 4.34. The van der Waals surface area contributed by atoms with E-state index in [1.54, 1.807) is 0 Å². The van der Waals surface area contributed by atoms with Crippen molar-refractivity contribution < 1.29 is 90.5 Å². The van der Waals surface area contributed by atoms with Crippen molar-refractivity contribution in [3.05, 3.63) is 0 Å². The number of carbonyl (C=O) groups is 9. The maximum absolute atomic E-state index is 12.9. The summed E-state index contributed by atoms with van der Waals surface area (Å²) in [4.78, 5) is 111. The van der Waals surface area contributed by atoms with Crippen LogP contribution >= 0.6 is 0 Å². The highest BCUT2D eigenvalue weighted by atomic mass is 16.8. The van der Waals surface area contributed by atoms with E-state index >= 15 is 0 Å². The molecule has 0 aromatic heterocycles. The largest absolute Gasteiger partial charge is 0.463 e. The van der Waals surface area contributed by atoms with Crippen LogP contribution in [0.15, 0.2) is 0 Å². The summed E-state index contributed by atoms with van der Waals surface area (Å²) in [5.41, 5.74) is 0. The minimum atomic E-state index is -1.87. The molecule has 3 aliphatic rings. The fraction of sp³-hybridized carbons (Fsp3) is 0.690. The lowest BCUT2D eigenvalue weighted by Gasteiger charge is -2.50. The van der Waals surface area contributed by atoms with Crippen LogP contribution in [-0.4, -0.2) is 140 Å². The summed E-state index contributed by atoms with van der Waals surface area (Å²) < 4.78 is 55.9. The van der Waals surface area contributed by atoms with E-state index in [0.717, 1.165) is 53.4 Å². The Kier molecular flexibility index (Phi) is 14.0. The highest BCUT2D eigenvalue weighted by molar-refractivity contribution is 5.95. The van der Waals surface area contributed by atoms with Crippen LogP contribution in [0, 0.1) is 0 Å². The SMILES string of the molecule is CC(=O)OC[C@H]1O[C@@H](O[C@H]2[C@H](OC(C)=O)[C@@H](OC(C)=O)[C@H](N3CNC(=O)NC3=O)O[C@@H]2COC(C)=O)[C@H](OC(C)=O)[C@@H](OC(C)=O)[C@H]1OC(C)=O. The Bertz CT molecular complexity index is 1390. The topological polar surface area (TPSA) is 273 Å². The van der Waals surface area contributed by atoms with E-state index in [4.69, 9.17) is 47.4 Å². The summed E-state index contributed by atoms with van der Waals surface area (Å²) in [5.74, 6) is -6.29. The molecule has 22 nitrogen and oxygen atoms in total. The predicted molar refractivity (Wildman–Crippen MR) is 157 cm³/mol. The lowest BCUT2D eigenvalue weighted by molar-refractivity contribution is -0.350. The number of amides is 4. The second kappa shape index (κ2) is 17.7. The van der Waals surface area contributed by atoms with Crippen molar-refractivity contribution in [1.29, 1.82) is 0 Å². The number of imide groups is 1. The molecule has 3 aliphatic heterocycles. The van der Waals surface area contributed by atoms with Gasteiger partial charge in [-0.25, -0.2) is 9.59 Å². The van der Waals surface area contributed by atoms with Crippen LogP contribution < -0.4 is 10.6 Å². The molecule has 0 saturated carbocycles. The first kappa shape index (κ1) is 40.3. The maximum atomic E-state index is 12.9. The van der Waals surface area contributed by atoms with Gasteiger partial charge in [-0.1, -0.05) is 0 Å². The first-order chi connectivity index (χ1) is 23.9. The number of nitrogens with one attached hydrogen (secondary N) is 2. The van der Waals surface area contributed by atoms with Gasteiger partial charge in [-0.05, 0) is 0 Å². The second-order valence-electron chi connectivity index (χ2n) is 11.2. The monoisotopic (exact) mass is 733 g/mol. The van der Waals surface area contributed by atoms with Crippen LogP contribution in [0.1, 0.15) is 48.5 Å². The molecule has 0 bridgehead atoms. The fourth-order valence-electron chi connectivity index (χ4n) is 5.39. The minimum Gasteiger partial charge on any atom is -0.463 e. The highest BCUT2D eigenvalue weighted by Crippen LogP contribution is 2.36. The van der Waals surface area contributed by atoms with Gasteiger partial charge in [-0.3, -0.25) is 43.8 Å². The Morgan fingerprint density at radius 1 is 0.588 bits per heavy atom. The molecule has 3 saturated heterocycles. The quantitative estimate of drug-likeness (QED) is 0.167. The maximum Gasteiger partial charge on any atom is 0.329 e.